The lowest BCUT2D eigenvalue weighted by molar-refractivity contribution is -0.260. The Bertz CT molecular complexity index is 1500. The number of benzene rings is 1. The van der Waals surface area contributed by atoms with Crippen LogP contribution in [-0.2, 0) is 5.60 Å². The molecule has 7 nitrogen and oxygen atoms in total. The molecule has 0 radical (unpaired) electrons. The molecular weight excluding hydrogens is 521 g/mol. The van der Waals surface area contributed by atoms with Gasteiger partial charge < -0.3 is 9.52 Å². The van der Waals surface area contributed by atoms with Gasteiger partial charge in [-0.25, -0.2) is 18.7 Å². The lowest BCUT2D eigenvalue weighted by Gasteiger charge is -2.32. The Kier molecular flexibility index (Phi) is 6.69. The summed E-state index contributed by atoms with van der Waals surface area (Å²) in [7, 11) is 0. The summed E-state index contributed by atoms with van der Waals surface area (Å²) < 4.78 is 73.9. The minimum atomic E-state index is -4.96. The third-order valence-electron chi connectivity index (χ3n) is 7.16. The zero-order valence-corrected chi connectivity index (χ0v) is 21.2. The second-order valence-electron chi connectivity index (χ2n) is 10.1. The average Bonchev–Trinajstić information content (AvgIpc) is 3.38. The number of hydrogen-bond acceptors (Lipinski definition) is 7. The Morgan fingerprint density at radius 3 is 2.38 bits per heavy atom. The minimum absolute atomic E-state index is 0.0513. The highest BCUT2D eigenvalue weighted by molar-refractivity contribution is 5.62. The van der Waals surface area contributed by atoms with Gasteiger partial charge in [-0.3, -0.25) is 4.98 Å². The van der Waals surface area contributed by atoms with Gasteiger partial charge in [-0.05, 0) is 55.4 Å². The molecule has 3 atom stereocenters. The van der Waals surface area contributed by atoms with Crippen molar-refractivity contribution in [3.63, 3.8) is 0 Å². The summed E-state index contributed by atoms with van der Waals surface area (Å²) in [6, 6.07) is 5.26. The first-order valence-corrected chi connectivity index (χ1v) is 12.3. The van der Waals surface area contributed by atoms with Gasteiger partial charge in [-0.2, -0.15) is 18.3 Å². The minimum Gasteiger partial charge on any atom is -0.443 e. The Morgan fingerprint density at radius 2 is 1.72 bits per heavy atom. The standard InChI is InChI=1S/C27H24F5N5O2/c1-13(2)14-7-8-15(24-16(14)9-19(36-37-24)23-17(28)5-4-6-18(23)29)20-10-33-11-21(34-20)25-35-22(12-39-25)26(3,38)27(30,31)32/h4-6,9-15,38H,7-8H2,1-3H3/t14-,15?,26-/m1/s1. The summed E-state index contributed by atoms with van der Waals surface area (Å²) >= 11 is 0. The fourth-order valence-corrected chi connectivity index (χ4v) is 4.88. The molecule has 0 aliphatic heterocycles. The van der Waals surface area contributed by atoms with Crippen molar-refractivity contribution in [3.8, 4) is 22.8 Å². The normalized spacial score (nSPS) is 19.1. The Labute approximate surface area is 220 Å². The van der Waals surface area contributed by atoms with Crippen LogP contribution in [0.4, 0.5) is 22.0 Å². The van der Waals surface area contributed by atoms with Gasteiger partial charge in [0.15, 0.2) is 0 Å². The number of fused-ring (bicyclic) bond motifs is 1. The topological polar surface area (TPSA) is 97.8 Å². The van der Waals surface area contributed by atoms with Gasteiger partial charge in [-0.15, -0.1) is 5.10 Å². The highest BCUT2D eigenvalue weighted by Gasteiger charge is 2.53. The summed E-state index contributed by atoms with van der Waals surface area (Å²) in [5.41, 5.74) is -2.19. The van der Waals surface area contributed by atoms with Crippen LogP contribution in [0.5, 0.6) is 0 Å². The largest absolute Gasteiger partial charge is 0.443 e. The van der Waals surface area contributed by atoms with E-state index in [-0.39, 0.29) is 40.6 Å². The van der Waals surface area contributed by atoms with Crippen LogP contribution in [0, 0.1) is 17.6 Å². The second kappa shape index (κ2) is 9.74. The maximum Gasteiger partial charge on any atom is 0.422 e. The van der Waals surface area contributed by atoms with Gasteiger partial charge in [0, 0.05) is 12.1 Å². The number of halogens is 5. The van der Waals surface area contributed by atoms with Crippen LogP contribution in [0.2, 0.25) is 0 Å². The van der Waals surface area contributed by atoms with E-state index in [2.05, 4.69) is 39.0 Å². The number of rotatable bonds is 5. The van der Waals surface area contributed by atoms with Crippen molar-refractivity contribution < 1.29 is 31.5 Å². The number of hydrogen-bond donors (Lipinski definition) is 1. The lowest BCUT2D eigenvalue weighted by Crippen LogP contribution is -2.39. The van der Waals surface area contributed by atoms with E-state index >= 15 is 0 Å². The van der Waals surface area contributed by atoms with Crippen molar-refractivity contribution in [2.45, 2.75) is 57.2 Å². The molecule has 3 aromatic heterocycles. The molecule has 0 bridgehead atoms. The molecule has 204 valence electrons. The molecule has 1 aromatic carbocycles. The van der Waals surface area contributed by atoms with Crippen LogP contribution in [0.1, 0.15) is 68.1 Å². The van der Waals surface area contributed by atoms with E-state index < -0.39 is 29.1 Å². The van der Waals surface area contributed by atoms with Crippen LogP contribution < -0.4 is 0 Å². The summed E-state index contributed by atoms with van der Waals surface area (Å²) in [4.78, 5) is 12.5. The molecule has 1 unspecified atom stereocenters. The molecule has 1 aliphatic rings. The third kappa shape index (κ3) is 4.77. The molecule has 4 aromatic rings. The molecule has 1 aliphatic carbocycles. The predicted octanol–water partition coefficient (Wildman–Crippen LogP) is 6.30. The highest BCUT2D eigenvalue weighted by atomic mass is 19.4. The molecule has 0 fully saturated rings. The van der Waals surface area contributed by atoms with Crippen molar-refractivity contribution in [2.24, 2.45) is 5.92 Å². The number of aliphatic hydroxyl groups is 1. The summed E-state index contributed by atoms with van der Waals surface area (Å²) in [6.45, 7) is 4.69. The Morgan fingerprint density at radius 1 is 1.00 bits per heavy atom. The van der Waals surface area contributed by atoms with E-state index in [9.17, 15) is 27.1 Å². The van der Waals surface area contributed by atoms with E-state index in [4.69, 9.17) is 4.42 Å². The summed E-state index contributed by atoms with van der Waals surface area (Å²) in [5.74, 6) is -1.86. The zero-order chi connectivity index (χ0) is 28.1. The summed E-state index contributed by atoms with van der Waals surface area (Å²) in [5, 5.41) is 18.4. The van der Waals surface area contributed by atoms with Crippen LogP contribution >= 0.6 is 0 Å². The number of oxazole rings is 1. The first-order chi connectivity index (χ1) is 18.4. The monoisotopic (exact) mass is 545 g/mol. The SMILES string of the molecule is CC(C)[C@H]1CCC(c2cncc(-c3nc([C@@](C)(O)C(F)(F)F)co3)n2)c2nnc(-c3c(F)cccc3F)cc21. The van der Waals surface area contributed by atoms with Gasteiger partial charge in [0.25, 0.3) is 0 Å². The summed E-state index contributed by atoms with van der Waals surface area (Å²) in [6.07, 6.45) is -0.0849. The first kappa shape index (κ1) is 26.8. The molecular formula is C27H24F5N5O2. The number of aromatic nitrogens is 5. The van der Waals surface area contributed by atoms with Gasteiger partial charge in [-0.1, -0.05) is 19.9 Å². The number of nitrogens with zero attached hydrogens (tertiary/aromatic N) is 5. The van der Waals surface area contributed by atoms with E-state index in [1.54, 1.807) is 6.07 Å². The first-order valence-electron chi connectivity index (χ1n) is 12.3. The van der Waals surface area contributed by atoms with Crippen molar-refractivity contribution in [3.05, 3.63) is 77.2 Å². The highest BCUT2D eigenvalue weighted by Crippen LogP contribution is 2.45. The Hall–Kier alpha value is -3.80. The van der Waals surface area contributed by atoms with Crippen LogP contribution in [0.15, 0.2) is 47.3 Å². The average molecular weight is 546 g/mol. The fraction of sp³-hybridized carbons (Fsp3) is 0.370. The Balaban J connectivity index is 1.54. The third-order valence-corrected chi connectivity index (χ3v) is 7.16. The molecule has 0 spiro atoms. The van der Waals surface area contributed by atoms with E-state index in [1.165, 1.54) is 18.5 Å². The molecule has 39 heavy (non-hydrogen) atoms. The molecule has 0 saturated carbocycles. The van der Waals surface area contributed by atoms with Crippen molar-refractivity contribution in [1.82, 2.24) is 25.1 Å². The second-order valence-corrected chi connectivity index (χ2v) is 10.1. The predicted molar refractivity (Wildman–Crippen MR) is 129 cm³/mol. The van der Waals surface area contributed by atoms with Crippen molar-refractivity contribution >= 4 is 0 Å². The van der Waals surface area contributed by atoms with Crippen LogP contribution in [0.25, 0.3) is 22.8 Å². The molecule has 12 heteroatoms. The molecule has 3 heterocycles. The van der Waals surface area contributed by atoms with Crippen LogP contribution in [0.3, 0.4) is 0 Å². The number of alkyl halides is 3. The van der Waals surface area contributed by atoms with E-state index in [0.29, 0.717) is 24.7 Å². The quantitative estimate of drug-likeness (QED) is 0.294. The maximum absolute atomic E-state index is 14.5. The molecule has 0 amide bonds. The van der Waals surface area contributed by atoms with Crippen molar-refractivity contribution in [1.29, 1.82) is 0 Å². The van der Waals surface area contributed by atoms with E-state index in [1.807, 2.05) is 0 Å². The molecule has 5 rings (SSSR count). The van der Waals surface area contributed by atoms with Gasteiger partial charge in [0.1, 0.15) is 29.3 Å². The lowest BCUT2D eigenvalue weighted by atomic mass is 9.74. The van der Waals surface area contributed by atoms with Gasteiger partial charge >= 0.3 is 6.18 Å². The maximum atomic E-state index is 14.5. The zero-order valence-electron chi connectivity index (χ0n) is 21.2. The van der Waals surface area contributed by atoms with Crippen LogP contribution in [-0.4, -0.2) is 36.4 Å². The smallest absolute Gasteiger partial charge is 0.422 e. The van der Waals surface area contributed by atoms with Crippen molar-refractivity contribution in [2.75, 3.05) is 0 Å². The molecule has 1 N–H and O–H groups in total. The van der Waals surface area contributed by atoms with E-state index in [0.717, 1.165) is 30.4 Å². The fourth-order valence-electron chi connectivity index (χ4n) is 4.88. The van der Waals surface area contributed by atoms with Gasteiger partial charge in [0.2, 0.25) is 11.5 Å². The van der Waals surface area contributed by atoms with Gasteiger partial charge in [0.05, 0.1) is 28.8 Å². The molecule has 0 saturated heterocycles.